The predicted molar refractivity (Wildman–Crippen MR) is 150 cm³/mol. The minimum absolute atomic E-state index is 0.421. The average molecular weight is 554 g/mol. The van der Waals surface area contributed by atoms with E-state index in [1.165, 1.54) is 11.3 Å². The van der Waals surface area contributed by atoms with Crippen LogP contribution in [0.1, 0.15) is 15.9 Å². The molecule has 0 amide bonds. The maximum absolute atomic E-state index is 12.6. The van der Waals surface area contributed by atoms with Crippen LogP contribution in [0.4, 0.5) is 5.13 Å². The summed E-state index contributed by atoms with van der Waals surface area (Å²) in [6.45, 7) is 0. The van der Waals surface area contributed by atoms with Gasteiger partial charge in [-0.05, 0) is 42.0 Å². The summed E-state index contributed by atoms with van der Waals surface area (Å²) in [5, 5.41) is 5.04. The quantitative estimate of drug-likeness (QED) is 0.0962. The predicted octanol–water partition coefficient (Wildman–Crippen LogP) is 7.90. The number of hydrogen-bond acceptors (Lipinski definition) is 6. The molecule has 0 atom stereocenters. The molecule has 5 aromatic rings. The number of hydrogen-bond donors (Lipinski definition) is 1. The van der Waals surface area contributed by atoms with Gasteiger partial charge in [0.15, 0.2) is 0 Å². The number of esters is 1. The number of ether oxygens (including phenoxy) is 1. The molecular formula is C29H20BrN3O2S. The van der Waals surface area contributed by atoms with E-state index in [2.05, 4.69) is 38.6 Å². The number of thiazole rings is 1. The van der Waals surface area contributed by atoms with Gasteiger partial charge in [0.05, 0.1) is 22.3 Å². The fourth-order valence-corrected chi connectivity index (χ4v) is 4.73. The second kappa shape index (κ2) is 11.1. The molecule has 0 saturated carbocycles. The molecule has 5 rings (SSSR count). The van der Waals surface area contributed by atoms with Gasteiger partial charge >= 0.3 is 5.97 Å². The van der Waals surface area contributed by atoms with Gasteiger partial charge in [-0.2, -0.15) is 5.10 Å². The van der Waals surface area contributed by atoms with Crippen molar-refractivity contribution in [2.24, 2.45) is 5.10 Å². The first-order valence-corrected chi connectivity index (χ1v) is 12.8. The van der Waals surface area contributed by atoms with Crippen molar-refractivity contribution in [3.63, 3.8) is 0 Å². The van der Waals surface area contributed by atoms with Crippen LogP contribution in [0.3, 0.4) is 0 Å². The highest BCUT2D eigenvalue weighted by molar-refractivity contribution is 9.10. The van der Waals surface area contributed by atoms with Crippen LogP contribution >= 0.6 is 27.3 Å². The largest absolute Gasteiger partial charge is 0.422 e. The molecule has 0 unspecified atom stereocenters. The number of nitrogens with one attached hydrogen (secondary N) is 1. The minimum atomic E-state index is -0.434. The standard InChI is InChI=1S/C29H20BrN3O2S/c30-24-17-15-22(16-18-24)28(34)35-25-14-8-7-13-23(25)19-31-33-29-32-26(20-9-3-1-4-10-20)27(36-29)21-11-5-2-6-12-21/h1-19H,(H,32,33)/b31-19+. The molecule has 0 fully saturated rings. The Morgan fingerprint density at radius 1 is 0.833 bits per heavy atom. The van der Waals surface area contributed by atoms with Crippen molar-refractivity contribution in [1.29, 1.82) is 0 Å². The summed E-state index contributed by atoms with van der Waals surface area (Å²) in [5.74, 6) is -0.0127. The topological polar surface area (TPSA) is 63.6 Å². The number of para-hydroxylation sites is 1. The molecule has 0 spiro atoms. The van der Waals surface area contributed by atoms with Crippen molar-refractivity contribution < 1.29 is 9.53 Å². The lowest BCUT2D eigenvalue weighted by atomic mass is 10.1. The Labute approximate surface area is 221 Å². The summed E-state index contributed by atoms with van der Waals surface area (Å²) in [6, 6.07) is 34.5. The fourth-order valence-electron chi connectivity index (χ4n) is 3.53. The third kappa shape index (κ3) is 5.59. The summed E-state index contributed by atoms with van der Waals surface area (Å²) in [6.07, 6.45) is 1.62. The molecule has 0 aliphatic heterocycles. The van der Waals surface area contributed by atoms with E-state index in [0.29, 0.717) is 22.0 Å². The first-order valence-electron chi connectivity index (χ1n) is 11.1. The van der Waals surface area contributed by atoms with Gasteiger partial charge in [-0.25, -0.2) is 9.78 Å². The summed E-state index contributed by atoms with van der Waals surface area (Å²) in [7, 11) is 0. The molecule has 0 bridgehead atoms. The van der Waals surface area contributed by atoms with Crippen molar-refractivity contribution in [3.8, 4) is 27.4 Å². The molecule has 0 aliphatic carbocycles. The first kappa shape index (κ1) is 23.7. The molecule has 176 valence electrons. The van der Waals surface area contributed by atoms with Crippen molar-refractivity contribution in [2.45, 2.75) is 0 Å². The lowest BCUT2D eigenvalue weighted by molar-refractivity contribution is 0.0734. The molecule has 5 nitrogen and oxygen atoms in total. The number of halogens is 1. The van der Waals surface area contributed by atoms with E-state index >= 15 is 0 Å². The smallest absolute Gasteiger partial charge is 0.343 e. The monoisotopic (exact) mass is 553 g/mol. The molecule has 1 N–H and O–H groups in total. The second-order valence-electron chi connectivity index (χ2n) is 7.73. The molecule has 0 aliphatic rings. The van der Waals surface area contributed by atoms with Crippen molar-refractivity contribution in [2.75, 3.05) is 5.43 Å². The van der Waals surface area contributed by atoms with Crippen molar-refractivity contribution in [1.82, 2.24) is 4.98 Å². The summed E-state index contributed by atoms with van der Waals surface area (Å²) in [5.41, 5.74) is 7.20. The third-order valence-electron chi connectivity index (χ3n) is 5.28. The number of rotatable bonds is 7. The van der Waals surface area contributed by atoms with E-state index in [-0.39, 0.29) is 0 Å². The molecule has 36 heavy (non-hydrogen) atoms. The highest BCUT2D eigenvalue weighted by Crippen LogP contribution is 2.38. The van der Waals surface area contributed by atoms with Crippen LogP contribution < -0.4 is 10.2 Å². The fraction of sp³-hybridized carbons (Fsp3) is 0. The van der Waals surface area contributed by atoms with Crippen molar-refractivity contribution in [3.05, 3.63) is 125 Å². The van der Waals surface area contributed by atoms with E-state index in [9.17, 15) is 4.79 Å². The van der Waals surface area contributed by atoms with Gasteiger partial charge in [-0.1, -0.05) is 100 Å². The minimum Gasteiger partial charge on any atom is -0.422 e. The SMILES string of the molecule is O=C(Oc1ccccc1/C=N/Nc1nc(-c2ccccc2)c(-c2ccccc2)s1)c1ccc(Br)cc1. The van der Waals surface area contributed by atoms with Crippen molar-refractivity contribution >= 4 is 44.6 Å². The maximum Gasteiger partial charge on any atom is 0.343 e. The summed E-state index contributed by atoms with van der Waals surface area (Å²) >= 11 is 4.90. The van der Waals surface area contributed by atoms with E-state index in [4.69, 9.17) is 9.72 Å². The van der Waals surface area contributed by atoms with E-state index in [1.54, 1.807) is 36.5 Å². The Morgan fingerprint density at radius 2 is 1.47 bits per heavy atom. The molecule has 1 heterocycles. The number of carbonyl (C=O) groups is 1. The van der Waals surface area contributed by atoms with Gasteiger partial charge in [-0.15, -0.1) is 0 Å². The average Bonchev–Trinajstić information content (AvgIpc) is 3.35. The Hall–Kier alpha value is -4.07. The van der Waals surface area contributed by atoms with Gasteiger partial charge in [0.1, 0.15) is 5.75 Å². The second-order valence-corrected chi connectivity index (χ2v) is 9.65. The first-order chi connectivity index (χ1) is 17.7. The number of benzene rings is 4. The van der Waals surface area contributed by atoms with Crippen LogP contribution in [0, 0.1) is 0 Å². The van der Waals surface area contributed by atoms with Gasteiger partial charge in [0, 0.05) is 15.6 Å². The van der Waals surface area contributed by atoms with Crippen LogP contribution in [0.2, 0.25) is 0 Å². The molecule has 1 aromatic heterocycles. The number of hydrazone groups is 1. The Kier molecular flexibility index (Phi) is 7.30. The summed E-state index contributed by atoms with van der Waals surface area (Å²) in [4.78, 5) is 18.4. The van der Waals surface area contributed by atoms with Crippen LogP contribution in [0.15, 0.2) is 119 Å². The van der Waals surface area contributed by atoms with Crippen LogP contribution in [-0.4, -0.2) is 17.2 Å². The Balaban J connectivity index is 1.37. The zero-order valence-corrected chi connectivity index (χ0v) is 21.4. The lowest BCUT2D eigenvalue weighted by Crippen LogP contribution is -2.09. The van der Waals surface area contributed by atoms with Gasteiger partial charge in [-0.3, -0.25) is 5.43 Å². The molecule has 0 radical (unpaired) electrons. The van der Waals surface area contributed by atoms with E-state index in [1.807, 2.05) is 66.7 Å². The van der Waals surface area contributed by atoms with Gasteiger partial charge in [0.2, 0.25) is 5.13 Å². The Morgan fingerprint density at radius 3 is 2.19 bits per heavy atom. The number of nitrogens with zero attached hydrogens (tertiary/aromatic N) is 2. The van der Waals surface area contributed by atoms with E-state index < -0.39 is 5.97 Å². The number of aromatic nitrogens is 1. The molecular weight excluding hydrogens is 534 g/mol. The van der Waals surface area contributed by atoms with Crippen LogP contribution in [0.5, 0.6) is 5.75 Å². The zero-order chi connectivity index (χ0) is 24.7. The molecule has 7 heteroatoms. The molecule has 0 saturated heterocycles. The molecule has 4 aromatic carbocycles. The highest BCUT2D eigenvalue weighted by atomic mass is 79.9. The van der Waals surface area contributed by atoms with Crippen LogP contribution in [-0.2, 0) is 0 Å². The lowest BCUT2D eigenvalue weighted by Gasteiger charge is -2.07. The number of carbonyl (C=O) groups excluding carboxylic acids is 1. The maximum atomic E-state index is 12.6. The third-order valence-corrected chi connectivity index (χ3v) is 6.81. The number of anilines is 1. The highest BCUT2D eigenvalue weighted by Gasteiger charge is 2.15. The van der Waals surface area contributed by atoms with Crippen LogP contribution in [0.25, 0.3) is 21.7 Å². The van der Waals surface area contributed by atoms with Gasteiger partial charge in [0.25, 0.3) is 0 Å². The van der Waals surface area contributed by atoms with Gasteiger partial charge < -0.3 is 4.74 Å². The Bertz CT molecular complexity index is 1440. The normalized spacial score (nSPS) is 10.9. The zero-order valence-electron chi connectivity index (χ0n) is 19.0. The summed E-state index contributed by atoms with van der Waals surface area (Å²) < 4.78 is 6.52. The van der Waals surface area contributed by atoms with E-state index in [0.717, 1.165) is 26.2 Å².